The van der Waals surface area contributed by atoms with E-state index in [4.69, 9.17) is 4.74 Å². The molecule has 0 radical (unpaired) electrons. The lowest BCUT2D eigenvalue weighted by atomic mass is 9.76. The summed E-state index contributed by atoms with van der Waals surface area (Å²) in [5.74, 6) is 6.88. The van der Waals surface area contributed by atoms with Gasteiger partial charge in [-0.05, 0) is 159 Å². The van der Waals surface area contributed by atoms with E-state index in [-0.39, 0.29) is 0 Å². The summed E-state index contributed by atoms with van der Waals surface area (Å²) >= 11 is 0. The number of hydrogen-bond donors (Lipinski definition) is 8. The number of nitrogens with zero attached hydrogens (tertiary/aromatic N) is 1. The smallest absolute Gasteiger partial charge is 0.119 e. The number of hydrogen-bond acceptors (Lipinski definition) is 10. The zero-order valence-corrected chi connectivity index (χ0v) is 41.6. The number of ether oxygens (including phenoxy) is 1. The molecule has 3 aromatic rings. The molecule has 10 nitrogen and oxygen atoms in total. The van der Waals surface area contributed by atoms with Crippen molar-refractivity contribution in [2.24, 2.45) is 47.3 Å². The molecule has 8 unspecified atom stereocenters. The number of allylic oxidation sites excluding steroid dienone is 1. The van der Waals surface area contributed by atoms with Gasteiger partial charge in [-0.1, -0.05) is 131 Å². The summed E-state index contributed by atoms with van der Waals surface area (Å²) in [7, 11) is 4.11. The highest BCUT2D eigenvalue weighted by Crippen LogP contribution is 2.46. The average Bonchev–Trinajstić information content (AvgIpc) is 4.12. The van der Waals surface area contributed by atoms with Crippen LogP contribution in [0.4, 0.5) is 0 Å². The third-order valence-electron chi connectivity index (χ3n) is 18.6. The maximum atomic E-state index is 5.87. The lowest BCUT2D eigenvalue weighted by Crippen LogP contribution is -2.61. The first-order valence-corrected chi connectivity index (χ1v) is 27.8. The fourth-order valence-corrected chi connectivity index (χ4v) is 15.3. The van der Waals surface area contributed by atoms with Gasteiger partial charge in [0, 0.05) is 6.54 Å². The molecule has 5 saturated heterocycles. The lowest BCUT2D eigenvalue weighted by Gasteiger charge is -2.35. The van der Waals surface area contributed by atoms with Crippen molar-refractivity contribution in [1.29, 1.82) is 0 Å². The second-order valence-electron chi connectivity index (χ2n) is 22.7. The van der Waals surface area contributed by atoms with Crippen molar-refractivity contribution in [3.05, 3.63) is 102 Å². The molecular formula is C58H85N9O. The number of benzene rings is 3. The van der Waals surface area contributed by atoms with Crippen LogP contribution in [-0.4, -0.2) is 81.5 Å². The first-order valence-electron chi connectivity index (χ1n) is 27.8. The van der Waals surface area contributed by atoms with Gasteiger partial charge in [0.15, 0.2) is 0 Å². The van der Waals surface area contributed by atoms with Gasteiger partial charge in [0.1, 0.15) is 12.4 Å². The minimum absolute atomic E-state index is 0.420. The summed E-state index contributed by atoms with van der Waals surface area (Å²) in [6.07, 6.45) is 26.5. The molecule has 4 saturated carbocycles. The summed E-state index contributed by atoms with van der Waals surface area (Å²) in [5.41, 5.74) is 6.37. The highest BCUT2D eigenvalue weighted by atomic mass is 16.5. The van der Waals surface area contributed by atoms with Crippen molar-refractivity contribution in [2.45, 2.75) is 165 Å². The van der Waals surface area contributed by atoms with E-state index in [1.807, 2.05) is 0 Å². The molecule has 4 aliphatic carbocycles. The molecule has 9 fully saturated rings. The predicted octanol–water partition coefficient (Wildman–Crippen LogP) is 8.60. The number of rotatable bonds is 8. The van der Waals surface area contributed by atoms with Crippen molar-refractivity contribution < 1.29 is 4.74 Å². The quantitative estimate of drug-likeness (QED) is 0.105. The Kier molecular flexibility index (Phi) is 15.0. The van der Waals surface area contributed by atoms with Crippen LogP contribution in [0.2, 0.25) is 0 Å². The number of nitrogens with one attached hydrogen (secondary N) is 8. The largest absolute Gasteiger partial charge is 0.492 e. The summed E-state index contributed by atoms with van der Waals surface area (Å²) in [6.45, 7) is 3.83. The summed E-state index contributed by atoms with van der Waals surface area (Å²) < 4.78 is 5.87. The Hall–Kier alpha value is -3.16. The Morgan fingerprint density at radius 1 is 0.412 bits per heavy atom. The van der Waals surface area contributed by atoms with Crippen LogP contribution >= 0.6 is 0 Å². The average molecular weight is 924 g/mol. The second kappa shape index (κ2) is 21.7. The molecule has 3 aromatic carbocycles. The summed E-state index contributed by atoms with van der Waals surface area (Å²) in [6, 6.07) is 29.8. The topological polar surface area (TPSA) is 109 Å². The summed E-state index contributed by atoms with van der Waals surface area (Å²) in [5, 5.41) is 33.8. The maximum Gasteiger partial charge on any atom is 0.119 e. The first-order chi connectivity index (χ1) is 33.5. The lowest BCUT2D eigenvalue weighted by molar-refractivity contribution is 0.167. The van der Waals surface area contributed by atoms with Crippen LogP contribution in [0.5, 0.6) is 5.75 Å². The van der Waals surface area contributed by atoms with E-state index in [0.29, 0.717) is 55.9 Å². The van der Waals surface area contributed by atoms with Crippen molar-refractivity contribution in [3.8, 4) is 5.75 Å². The molecule has 0 spiro atoms. The molecule has 8 N–H and O–H groups in total. The standard InChI is InChI=1S/C32H56N8.C26H29NO/c1-2-10-18-17(9-1)25-33-26(18)38-28-21-13-5-6-14-22(21)30(35-28)40-32-24-16-8-7-15-23(24)31(36-32)39-29-20-12-4-3-11-19(20)27(34-29)37-25;1-4-25(21-11-7-5-8-12-21)26(22-13-9-6-10-14-22)23-15-17-24(18-16-23)28-20-19-27(2)3/h17-40H,1-16H2;5-18H,4,19-20H2,1-3H3/b;26-25-. The van der Waals surface area contributed by atoms with Gasteiger partial charge in [-0.2, -0.15) is 0 Å². The zero-order chi connectivity index (χ0) is 46.0. The Bertz CT molecular complexity index is 1890. The third kappa shape index (κ3) is 10.0. The zero-order valence-electron chi connectivity index (χ0n) is 41.6. The normalized spacial score (nSPS) is 38.8. The predicted molar refractivity (Wildman–Crippen MR) is 277 cm³/mol. The van der Waals surface area contributed by atoms with Crippen LogP contribution in [0.1, 0.15) is 133 Å². The Labute approximate surface area is 409 Å². The van der Waals surface area contributed by atoms with Crippen LogP contribution in [-0.2, 0) is 0 Å². The van der Waals surface area contributed by atoms with Gasteiger partial charge in [-0.3, -0.25) is 42.5 Å². The van der Waals surface area contributed by atoms with Gasteiger partial charge in [0.05, 0.1) is 49.3 Å². The van der Waals surface area contributed by atoms with Crippen LogP contribution in [0.3, 0.4) is 0 Å². The van der Waals surface area contributed by atoms with Crippen LogP contribution in [0.15, 0.2) is 84.9 Å². The Morgan fingerprint density at radius 3 is 1.00 bits per heavy atom. The molecule has 68 heavy (non-hydrogen) atoms. The van der Waals surface area contributed by atoms with Crippen LogP contribution < -0.4 is 47.3 Å². The summed E-state index contributed by atoms with van der Waals surface area (Å²) in [4.78, 5) is 2.12. The van der Waals surface area contributed by atoms with E-state index >= 15 is 0 Å². The monoisotopic (exact) mass is 924 g/mol. The maximum absolute atomic E-state index is 5.87. The fourth-order valence-electron chi connectivity index (χ4n) is 15.3. The molecule has 12 rings (SSSR count). The van der Waals surface area contributed by atoms with Crippen molar-refractivity contribution >= 4 is 11.1 Å². The molecule has 10 heteroatoms. The van der Waals surface area contributed by atoms with Crippen molar-refractivity contribution in [1.82, 2.24) is 47.4 Å². The Balaban J connectivity index is 0.000000160. The third-order valence-corrected chi connectivity index (χ3v) is 18.6. The van der Waals surface area contributed by atoms with E-state index in [1.165, 1.54) is 131 Å². The molecular weight excluding hydrogens is 839 g/mol. The van der Waals surface area contributed by atoms with Gasteiger partial charge in [0.2, 0.25) is 0 Å². The molecule has 8 atom stereocenters. The highest BCUT2D eigenvalue weighted by Gasteiger charge is 2.54. The van der Waals surface area contributed by atoms with Gasteiger partial charge in [0.25, 0.3) is 0 Å². The SMILES string of the molecule is C1CCC2C3NC(NC4NC(NC5NC(NC6NC(N3)C3CCCCC63)C3CCCCC53)C3CCCCC43)C2C1.CC/C(=C(\c1ccccc1)c1ccc(OCCN(C)C)cc1)c1ccccc1. The molecule has 5 heterocycles. The van der Waals surface area contributed by atoms with E-state index < -0.39 is 0 Å². The fraction of sp³-hybridized carbons (Fsp3) is 0.655. The van der Waals surface area contributed by atoms with E-state index in [9.17, 15) is 0 Å². The van der Waals surface area contributed by atoms with Crippen LogP contribution in [0.25, 0.3) is 11.1 Å². The van der Waals surface area contributed by atoms with Gasteiger partial charge >= 0.3 is 0 Å². The van der Waals surface area contributed by atoms with Crippen molar-refractivity contribution in [2.75, 3.05) is 27.2 Å². The minimum atomic E-state index is 0.420. The van der Waals surface area contributed by atoms with Gasteiger partial charge in [-0.15, -0.1) is 0 Å². The number of fused-ring (bicyclic) bond motifs is 20. The molecule has 0 amide bonds. The van der Waals surface area contributed by atoms with Gasteiger partial charge < -0.3 is 9.64 Å². The van der Waals surface area contributed by atoms with E-state index in [0.717, 1.165) is 66.1 Å². The Morgan fingerprint density at radius 2 is 0.706 bits per heavy atom. The highest BCUT2D eigenvalue weighted by molar-refractivity contribution is 5.98. The van der Waals surface area contributed by atoms with E-state index in [2.05, 4.69) is 153 Å². The van der Waals surface area contributed by atoms with E-state index in [1.54, 1.807) is 0 Å². The minimum Gasteiger partial charge on any atom is -0.492 e. The molecule has 5 aliphatic heterocycles. The molecule has 0 aromatic heterocycles. The van der Waals surface area contributed by atoms with Gasteiger partial charge in [-0.25, -0.2) is 0 Å². The van der Waals surface area contributed by atoms with Crippen LogP contribution in [0, 0.1) is 47.3 Å². The van der Waals surface area contributed by atoms with Crippen molar-refractivity contribution in [3.63, 3.8) is 0 Å². The first kappa shape index (κ1) is 47.2. The second-order valence-corrected chi connectivity index (χ2v) is 22.7. The molecule has 9 aliphatic rings. The molecule has 8 bridgehead atoms. The molecule has 368 valence electrons. The number of likely N-dealkylation sites (N-methyl/N-ethyl adjacent to an activating group) is 1.